The van der Waals surface area contributed by atoms with Crippen LogP contribution < -0.4 is 14.9 Å². The van der Waals surface area contributed by atoms with Crippen LogP contribution in [0.25, 0.3) is 16.9 Å². The molecule has 1 aliphatic heterocycles. The van der Waals surface area contributed by atoms with Gasteiger partial charge in [-0.25, -0.2) is 45.2 Å². The molecule has 4 heterocycles. The van der Waals surface area contributed by atoms with E-state index in [0.29, 0.717) is 28.5 Å². The predicted octanol–water partition coefficient (Wildman–Crippen LogP) is 3.03. The standard InChI is InChI=1S/C21H25F4N7O2S/c1-12-10-31(11-14(21(12,24)25)8-28-35(3,33)34)19-7-13(6-17(26-2)29-19)16-9-27-18-5-4-15(20(22)23)30-32(16)18/h4-7,9,12,14,20,28H,8,10-11H2,1-3H3,(H,26,29). The molecule has 0 spiro atoms. The number of piperidine rings is 1. The monoisotopic (exact) mass is 515 g/mol. The van der Waals surface area contributed by atoms with Crippen LogP contribution in [0, 0.1) is 11.8 Å². The molecule has 2 unspecified atom stereocenters. The Bertz CT molecular complexity index is 1330. The van der Waals surface area contributed by atoms with Crippen molar-refractivity contribution in [2.75, 3.05) is 43.2 Å². The number of hydrogen-bond donors (Lipinski definition) is 2. The molecular weight excluding hydrogens is 490 g/mol. The quantitative estimate of drug-likeness (QED) is 0.466. The van der Waals surface area contributed by atoms with Gasteiger partial charge in [0, 0.05) is 38.2 Å². The smallest absolute Gasteiger partial charge is 0.282 e. The summed E-state index contributed by atoms with van der Waals surface area (Å²) in [6.45, 7) is 0.838. The van der Waals surface area contributed by atoms with E-state index in [1.165, 1.54) is 29.8 Å². The van der Waals surface area contributed by atoms with Crippen molar-refractivity contribution in [3.05, 3.63) is 36.2 Å². The maximum absolute atomic E-state index is 14.9. The number of nitrogens with one attached hydrogen (secondary N) is 2. The van der Waals surface area contributed by atoms with Crippen LogP contribution in [-0.2, 0) is 10.0 Å². The molecule has 0 amide bonds. The average molecular weight is 516 g/mol. The Labute approximate surface area is 199 Å². The minimum absolute atomic E-state index is 0.0110. The lowest BCUT2D eigenvalue weighted by atomic mass is 9.86. The second-order valence-electron chi connectivity index (χ2n) is 8.62. The molecule has 1 aliphatic rings. The van der Waals surface area contributed by atoms with Crippen LogP contribution in [0.5, 0.6) is 0 Å². The second-order valence-corrected chi connectivity index (χ2v) is 10.5. The summed E-state index contributed by atoms with van der Waals surface area (Å²) >= 11 is 0. The van der Waals surface area contributed by atoms with Gasteiger partial charge in [-0.1, -0.05) is 6.92 Å². The van der Waals surface area contributed by atoms with E-state index in [0.717, 1.165) is 6.26 Å². The van der Waals surface area contributed by atoms with Gasteiger partial charge in [0.05, 0.1) is 24.1 Å². The SMILES string of the molecule is CNc1cc(-c2cnc3ccc(C(F)F)nn23)cc(N2CC(C)C(F)(F)C(CNS(C)(=O)=O)C2)n1. The highest BCUT2D eigenvalue weighted by molar-refractivity contribution is 7.88. The molecule has 1 saturated heterocycles. The number of aromatic nitrogens is 4. The van der Waals surface area contributed by atoms with Crippen molar-refractivity contribution < 1.29 is 26.0 Å². The van der Waals surface area contributed by atoms with E-state index in [9.17, 15) is 26.0 Å². The molecule has 1 fully saturated rings. The zero-order valence-corrected chi connectivity index (χ0v) is 20.0. The number of imidazole rings is 1. The number of halogens is 4. The van der Waals surface area contributed by atoms with Crippen LogP contribution in [0.3, 0.4) is 0 Å². The number of hydrogen-bond acceptors (Lipinski definition) is 7. The first kappa shape index (κ1) is 25.1. The van der Waals surface area contributed by atoms with E-state index in [2.05, 4.69) is 25.1 Å². The Morgan fingerprint density at radius 3 is 2.63 bits per heavy atom. The van der Waals surface area contributed by atoms with Crippen molar-refractivity contribution in [2.24, 2.45) is 11.8 Å². The van der Waals surface area contributed by atoms with Gasteiger partial charge >= 0.3 is 0 Å². The Morgan fingerprint density at radius 1 is 1.23 bits per heavy atom. The summed E-state index contributed by atoms with van der Waals surface area (Å²) < 4.78 is 82.6. The third-order valence-corrected chi connectivity index (χ3v) is 6.71. The molecule has 0 bridgehead atoms. The fourth-order valence-corrected chi connectivity index (χ4v) is 4.62. The Balaban J connectivity index is 1.72. The van der Waals surface area contributed by atoms with Gasteiger partial charge in [0.15, 0.2) is 5.65 Å². The van der Waals surface area contributed by atoms with Gasteiger partial charge < -0.3 is 10.2 Å². The summed E-state index contributed by atoms with van der Waals surface area (Å²) in [5, 5.41) is 6.91. The molecule has 190 valence electrons. The number of sulfonamides is 1. The molecule has 4 rings (SSSR count). The van der Waals surface area contributed by atoms with Crippen molar-refractivity contribution in [3.63, 3.8) is 0 Å². The van der Waals surface area contributed by atoms with Gasteiger partial charge in [-0.3, -0.25) is 0 Å². The molecular formula is C21H25F4N7O2S. The summed E-state index contributed by atoms with van der Waals surface area (Å²) in [6.07, 6.45) is -0.352. The number of nitrogens with zero attached hydrogens (tertiary/aromatic N) is 5. The Kier molecular flexibility index (Phi) is 6.62. The van der Waals surface area contributed by atoms with Crippen LogP contribution >= 0.6 is 0 Å². The van der Waals surface area contributed by atoms with E-state index < -0.39 is 46.4 Å². The second kappa shape index (κ2) is 9.22. The number of pyridine rings is 1. The molecule has 2 atom stereocenters. The Morgan fingerprint density at radius 2 is 1.97 bits per heavy atom. The zero-order valence-electron chi connectivity index (χ0n) is 19.2. The van der Waals surface area contributed by atoms with Gasteiger partial charge in [-0.15, -0.1) is 0 Å². The van der Waals surface area contributed by atoms with Crippen LogP contribution in [0.2, 0.25) is 0 Å². The lowest BCUT2D eigenvalue weighted by Crippen LogP contribution is -2.56. The van der Waals surface area contributed by atoms with Crippen molar-refractivity contribution in [1.82, 2.24) is 24.3 Å². The first-order chi connectivity index (χ1) is 16.4. The maximum atomic E-state index is 14.9. The molecule has 0 aromatic carbocycles. The number of rotatable bonds is 7. The average Bonchev–Trinajstić information content (AvgIpc) is 3.22. The molecule has 2 N–H and O–H groups in total. The number of fused-ring (bicyclic) bond motifs is 1. The van der Waals surface area contributed by atoms with E-state index in [1.807, 2.05) is 0 Å². The topological polar surface area (TPSA) is 105 Å². The first-order valence-corrected chi connectivity index (χ1v) is 12.7. The molecule has 3 aromatic rings. The highest BCUT2D eigenvalue weighted by Gasteiger charge is 2.49. The maximum Gasteiger partial charge on any atom is 0.282 e. The zero-order chi connectivity index (χ0) is 25.5. The van der Waals surface area contributed by atoms with Gasteiger partial charge in [-0.2, -0.15) is 5.10 Å². The molecule has 14 heteroatoms. The summed E-state index contributed by atoms with van der Waals surface area (Å²) in [5.74, 6) is -4.64. The minimum Gasteiger partial charge on any atom is -0.373 e. The summed E-state index contributed by atoms with van der Waals surface area (Å²) in [6, 6.07) is 5.97. The van der Waals surface area contributed by atoms with Crippen molar-refractivity contribution in [2.45, 2.75) is 19.3 Å². The molecule has 0 saturated carbocycles. The van der Waals surface area contributed by atoms with E-state index >= 15 is 0 Å². The van der Waals surface area contributed by atoms with Crippen LogP contribution in [0.15, 0.2) is 30.5 Å². The fraction of sp³-hybridized carbons (Fsp3) is 0.476. The molecule has 0 aliphatic carbocycles. The fourth-order valence-electron chi connectivity index (χ4n) is 4.11. The van der Waals surface area contributed by atoms with Gasteiger partial charge in [-0.05, 0) is 24.3 Å². The lowest BCUT2D eigenvalue weighted by molar-refractivity contribution is -0.108. The van der Waals surface area contributed by atoms with Crippen molar-refractivity contribution in [1.29, 1.82) is 0 Å². The van der Waals surface area contributed by atoms with Crippen LogP contribution in [0.1, 0.15) is 19.0 Å². The minimum atomic E-state index is -3.65. The third kappa shape index (κ3) is 5.17. The number of anilines is 2. The van der Waals surface area contributed by atoms with Gasteiger partial charge in [0.1, 0.15) is 17.3 Å². The van der Waals surface area contributed by atoms with Crippen LogP contribution in [-0.4, -0.2) is 66.9 Å². The summed E-state index contributed by atoms with van der Waals surface area (Å²) in [7, 11) is -2.01. The van der Waals surface area contributed by atoms with E-state index in [4.69, 9.17) is 0 Å². The first-order valence-electron chi connectivity index (χ1n) is 10.8. The summed E-state index contributed by atoms with van der Waals surface area (Å²) in [5.41, 5.74) is 0.926. The molecule has 35 heavy (non-hydrogen) atoms. The van der Waals surface area contributed by atoms with Gasteiger partial charge in [0.2, 0.25) is 10.0 Å². The highest BCUT2D eigenvalue weighted by atomic mass is 32.2. The van der Waals surface area contributed by atoms with Crippen molar-refractivity contribution in [3.8, 4) is 11.3 Å². The predicted molar refractivity (Wildman–Crippen MR) is 123 cm³/mol. The van der Waals surface area contributed by atoms with Crippen LogP contribution in [0.4, 0.5) is 29.2 Å². The lowest BCUT2D eigenvalue weighted by Gasteiger charge is -2.43. The third-order valence-electron chi connectivity index (χ3n) is 6.02. The molecule has 9 nitrogen and oxygen atoms in total. The molecule has 0 radical (unpaired) electrons. The Hall–Kier alpha value is -3.00. The van der Waals surface area contributed by atoms with E-state index in [-0.39, 0.29) is 13.1 Å². The van der Waals surface area contributed by atoms with Gasteiger partial charge in [0.25, 0.3) is 12.3 Å². The normalized spacial score (nSPS) is 20.5. The van der Waals surface area contributed by atoms with Crippen molar-refractivity contribution >= 4 is 27.3 Å². The molecule has 3 aromatic heterocycles. The summed E-state index contributed by atoms with van der Waals surface area (Å²) in [4.78, 5) is 10.4. The highest BCUT2D eigenvalue weighted by Crippen LogP contribution is 2.39. The number of alkyl halides is 4. The van der Waals surface area contributed by atoms with E-state index in [1.54, 1.807) is 24.1 Å². The largest absolute Gasteiger partial charge is 0.373 e.